The van der Waals surface area contributed by atoms with E-state index in [1.54, 1.807) is 11.1 Å². The largest absolute Gasteiger partial charge is 0.352 e. The third-order valence-electron chi connectivity index (χ3n) is 5.47. The lowest BCUT2D eigenvalue weighted by molar-refractivity contribution is -0.129. The SMILES string of the molecule is Cc1ccc(CN2CC(C(=O)NCc3ccc(Cn4cccn4)cc3)CC2=O)cc1. The van der Waals surface area contributed by atoms with Gasteiger partial charge in [0, 0.05) is 38.4 Å². The fourth-order valence-corrected chi connectivity index (χ4v) is 3.69. The van der Waals surface area contributed by atoms with Crippen molar-refractivity contribution in [2.24, 2.45) is 5.92 Å². The van der Waals surface area contributed by atoms with Gasteiger partial charge in [0.05, 0.1) is 12.5 Å². The highest BCUT2D eigenvalue weighted by Gasteiger charge is 2.34. The van der Waals surface area contributed by atoms with Crippen LogP contribution in [0.3, 0.4) is 0 Å². The van der Waals surface area contributed by atoms with Gasteiger partial charge >= 0.3 is 0 Å². The summed E-state index contributed by atoms with van der Waals surface area (Å²) < 4.78 is 1.87. The van der Waals surface area contributed by atoms with Crippen molar-refractivity contribution < 1.29 is 9.59 Å². The molecule has 1 aliphatic heterocycles. The number of carbonyl (C=O) groups excluding carboxylic acids is 2. The van der Waals surface area contributed by atoms with Gasteiger partial charge in [-0.2, -0.15) is 5.10 Å². The molecule has 6 nitrogen and oxygen atoms in total. The molecule has 4 rings (SSSR count). The van der Waals surface area contributed by atoms with E-state index >= 15 is 0 Å². The normalized spacial score (nSPS) is 16.1. The molecule has 1 atom stereocenters. The number of likely N-dealkylation sites (tertiary alicyclic amines) is 1. The van der Waals surface area contributed by atoms with Crippen LogP contribution in [0.15, 0.2) is 67.0 Å². The minimum atomic E-state index is -0.290. The Hall–Kier alpha value is -3.41. The van der Waals surface area contributed by atoms with Gasteiger partial charge in [-0.3, -0.25) is 14.3 Å². The summed E-state index contributed by atoms with van der Waals surface area (Å²) in [5, 5.41) is 7.19. The Labute approximate surface area is 176 Å². The van der Waals surface area contributed by atoms with Crippen molar-refractivity contribution in [1.82, 2.24) is 20.0 Å². The van der Waals surface area contributed by atoms with E-state index in [4.69, 9.17) is 0 Å². The van der Waals surface area contributed by atoms with Crippen LogP contribution in [0.2, 0.25) is 0 Å². The molecule has 1 fully saturated rings. The number of rotatable bonds is 7. The molecular formula is C24H26N4O2. The second-order valence-corrected chi connectivity index (χ2v) is 7.90. The van der Waals surface area contributed by atoms with Gasteiger partial charge in [-0.1, -0.05) is 54.1 Å². The molecule has 1 N–H and O–H groups in total. The quantitative estimate of drug-likeness (QED) is 0.661. The molecule has 1 unspecified atom stereocenters. The van der Waals surface area contributed by atoms with Gasteiger partial charge in [-0.25, -0.2) is 0 Å². The lowest BCUT2D eigenvalue weighted by Gasteiger charge is -2.17. The topological polar surface area (TPSA) is 67.2 Å². The van der Waals surface area contributed by atoms with Gasteiger partial charge in [0.25, 0.3) is 0 Å². The minimum absolute atomic E-state index is 0.0405. The first kappa shape index (κ1) is 19.9. The van der Waals surface area contributed by atoms with Crippen molar-refractivity contribution in [2.75, 3.05) is 6.54 Å². The van der Waals surface area contributed by atoms with E-state index in [9.17, 15) is 9.59 Å². The van der Waals surface area contributed by atoms with E-state index < -0.39 is 0 Å². The monoisotopic (exact) mass is 402 g/mol. The summed E-state index contributed by atoms with van der Waals surface area (Å²) in [7, 11) is 0. The number of amides is 2. The average molecular weight is 402 g/mol. The van der Waals surface area contributed by atoms with Crippen molar-refractivity contribution in [1.29, 1.82) is 0 Å². The first-order valence-electron chi connectivity index (χ1n) is 10.2. The number of benzene rings is 2. The summed E-state index contributed by atoms with van der Waals surface area (Å²) >= 11 is 0. The fraction of sp³-hybridized carbons (Fsp3) is 0.292. The van der Waals surface area contributed by atoms with E-state index in [0.717, 1.165) is 23.2 Å². The number of carbonyl (C=O) groups is 2. The molecule has 2 aromatic carbocycles. The Balaban J connectivity index is 1.26. The highest BCUT2D eigenvalue weighted by molar-refractivity contribution is 5.89. The summed E-state index contributed by atoms with van der Waals surface area (Å²) in [6.45, 7) is 4.25. The van der Waals surface area contributed by atoms with Crippen LogP contribution in [0.1, 0.15) is 28.7 Å². The molecule has 0 saturated carbocycles. The summed E-state index contributed by atoms with van der Waals surface area (Å²) in [4.78, 5) is 26.7. The predicted octanol–water partition coefficient (Wildman–Crippen LogP) is 2.90. The van der Waals surface area contributed by atoms with E-state index in [-0.39, 0.29) is 24.2 Å². The number of hydrogen-bond donors (Lipinski definition) is 1. The van der Waals surface area contributed by atoms with Crippen LogP contribution < -0.4 is 5.32 Å². The molecule has 2 amide bonds. The maximum Gasteiger partial charge on any atom is 0.225 e. The lowest BCUT2D eigenvalue weighted by atomic mass is 10.1. The lowest BCUT2D eigenvalue weighted by Crippen LogP contribution is -2.32. The van der Waals surface area contributed by atoms with Gasteiger partial charge in [0.1, 0.15) is 0 Å². The Morgan fingerprint density at radius 3 is 2.40 bits per heavy atom. The molecule has 0 aliphatic carbocycles. The number of aromatic nitrogens is 2. The van der Waals surface area contributed by atoms with E-state index in [1.807, 2.05) is 72.4 Å². The Bertz CT molecular complexity index is 995. The van der Waals surface area contributed by atoms with Crippen LogP contribution in [0.25, 0.3) is 0 Å². The van der Waals surface area contributed by atoms with Gasteiger partial charge in [0.15, 0.2) is 0 Å². The van der Waals surface area contributed by atoms with Crippen molar-refractivity contribution >= 4 is 11.8 Å². The van der Waals surface area contributed by atoms with Crippen molar-refractivity contribution in [3.8, 4) is 0 Å². The molecule has 0 radical (unpaired) electrons. The number of nitrogens with zero attached hydrogens (tertiary/aromatic N) is 3. The summed E-state index contributed by atoms with van der Waals surface area (Å²) in [5.41, 5.74) is 4.47. The van der Waals surface area contributed by atoms with Gasteiger partial charge < -0.3 is 10.2 Å². The fourth-order valence-electron chi connectivity index (χ4n) is 3.69. The van der Waals surface area contributed by atoms with Crippen LogP contribution in [-0.2, 0) is 29.2 Å². The second kappa shape index (κ2) is 8.95. The number of hydrogen-bond acceptors (Lipinski definition) is 3. The zero-order valence-electron chi connectivity index (χ0n) is 17.1. The van der Waals surface area contributed by atoms with Crippen LogP contribution in [-0.4, -0.2) is 33.0 Å². The summed E-state index contributed by atoms with van der Waals surface area (Å²) in [6, 6.07) is 18.2. The van der Waals surface area contributed by atoms with Crippen molar-refractivity contribution in [3.63, 3.8) is 0 Å². The van der Waals surface area contributed by atoms with Gasteiger partial charge in [0.2, 0.25) is 11.8 Å². The Morgan fingerprint density at radius 2 is 1.70 bits per heavy atom. The molecule has 1 saturated heterocycles. The van der Waals surface area contributed by atoms with Crippen LogP contribution in [0.5, 0.6) is 0 Å². The number of aryl methyl sites for hydroxylation is 1. The highest BCUT2D eigenvalue weighted by Crippen LogP contribution is 2.21. The zero-order valence-corrected chi connectivity index (χ0v) is 17.1. The van der Waals surface area contributed by atoms with E-state index in [2.05, 4.69) is 10.4 Å². The van der Waals surface area contributed by atoms with E-state index in [0.29, 0.717) is 19.6 Å². The van der Waals surface area contributed by atoms with Crippen molar-refractivity contribution in [2.45, 2.75) is 33.0 Å². The van der Waals surface area contributed by atoms with Crippen molar-refractivity contribution in [3.05, 3.63) is 89.2 Å². The minimum Gasteiger partial charge on any atom is -0.352 e. The molecule has 2 heterocycles. The first-order chi connectivity index (χ1) is 14.6. The maximum atomic E-state index is 12.6. The third-order valence-corrected chi connectivity index (χ3v) is 5.47. The Morgan fingerprint density at radius 1 is 1.03 bits per heavy atom. The summed E-state index contributed by atoms with van der Waals surface area (Å²) in [5.74, 6) is -0.309. The Kier molecular flexibility index (Phi) is 5.93. The van der Waals surface area contributed by atoms with Gasteiger partial charge in [-0.05, 0) is 29.7 Å². The van der Waals surface area contributed by atoms with Gasteiger partial charge in [-0.15, -0.1) is 0 Å². The van der Waals surface area contributed by atoms with E-state index in [1.165, 1.54) is 5.56 Å². The molecular weight excluding hydrogens is 376 g/mol. The smallest absolute Gasteiger partial charge is 0.225 e. The first-order valence-corrected chi connectivity index (χ1v) is 10.2. The average Bonchev–Trinajstić information content (AvgIpc) is 3.39. The molecule has 0 bridgehead atoms. The molecule has 30 heavy (non-hydrogen) atoms. The molecule has 6 heteroatoms. The molecule has 154 valence electrons. The van der Waals surface area contributed by atoms with Crippen LogP contribution in [0, 0.1) is 12.8 Å². The standard InChI is InChI=1S/C24H26N4O2/c1-18-3-5-20(6-4-18)15-27-17-22(13-23(27)29)24(30)25-14-19-7-9-21(10-8-19)16-28-12-2-11-26-28/h2-12,22H,13-17H2,1H3,(H,25,30). The van der Waals surface area contributed by atoms with Crippen LogP contribution in [0.4, 0.5) is 0 Å². The molecule has 3 aromatic rings. The zero-order chi connectivity index (χ0) is 20.9. The molecule has 1 aromatic heterocycles. The number of nitrogens with one attached hydrogen (secondary N) is 1. The predicted molar refractivity (Wildman–Crippen MR) is 114 cm³/mol. The third kappa shape index (κ3) is 4.95. The molecule has 0 spiro atoms. The second-order valence-electron chi connectivity index (χ2n) is 7.90. The summed E-state index contributed by atoms with van der Waals surface area (Å²) in [6.07, 6.45) is 3.97. The highest BCUT2D eigenvalue weighted by atomic mass is 16.2. The maximum absolute atomic E-state index is 12.6. The molecule has 1 aliphatic rings. The van der Waals surface area contributed by atoms with Crippen LogP contribution >= 0.6 is 0 Å².